The summed E-state index contributed by atoms with van der Waals surface area (Å²) in [5, 5.41) is 6.86. The zero-order valence-corrected chi connectivity index (χ0v) is 21.7. The Balaban J connectivity index is 1.39. The monoisotopic (exact) mass is 538 g/mol. The quantitative estimate of drug-likeness (QED) is 0.387. The van der Waals surface area contributed by atoms with Crippen molar-refractivity contribution in [1.29, 1.82) is 0 Å². The molecule has 5 rings (SSSR count). The van der Waals surface area contributed by atoms with Gasteiger partial charge in [-0.25, -0.2) is 4.98 Å². The van der Waals surface area contributed by atoms with Crippen LogP contribution in [-0.4, -0.2) is 68.9 Å². The van der Waals surface area contributed by atoms with E-state index in [9.17, 15) is 18.4 Å². The van der Waals surface area contributed by atoms with Crippen LogP contribution in [-0.2, 0) is 14.1 Å². The number of aryl methyl sites for hydroxylation is 2. The molecule has 0 aliphatic carbocycles. The number of carbonyl (C=O) groups is 2. The number of imidazole rings is 1. The number of piperidine rings is 1. The van der Waals surface area contributed by atoms with E-state index in [2.05, 4.69) is 20.1 Å². The van der Waals surface area contributed by atoms with E-state index in [1.807, 2.05) is 41.9 Å². The number of nitrogens with zero attached hydrogens (tertiary/aromatic N) is 5. The number of carbonyl (C=O) groups excluding carboxylic acids is 2. The molecule has 1 fully saturated rings. The molecule has 2 aromatic carbocycles. The van der Waals surface area contributed by atoms with E-state index in [-0.39, 0.29) is 29.4 Å². The number of fused-ring (bicyclic) bond motifs is 1. The molecule has 1 aliphatic heterocycles. The number of alkyl halides is 2. The third-order valence-electron chi connectivity index (χ3n) is 7.01. The number of likely N-dealkylation sites (tertiary alicyclic amines) is 1. The maximum atomic E-state index is 13.7. The Hall–Kier alpha value is -4.48. The van der Waals surface area contributed by atoms with Gasteiger partial charge in [-0.1, -0.05) is 30.3 Å². The number of methoxy groups -OCH3 is 1. The molecule has 0 spiro atoms. The first kappa shape index (κ1) is 26.1. The van der Waals surface area contributed by atoms with Crippen LogP contribution in [0.3, 0.4) is 0 Å². The molecule has 39 heavy (non-hydrogen) atoms. The first-order chi connectivity index (χ1) is 18.7. The minimum Gasteiger partial charge on any atom is -0.494 e. The van der Waals surface area contributed by atoms with Gasteiger partial charge in [0, 0.05) is 50.8 Å². The third-order valence-corrected chi connectivity index (χ3v) is 7.01. The van der Waals surface area contributed by atoms with Gasteiger partial charge in [0.25, 0.3) is 11.8 Å². The SMILES string of the molecule is COc1cc(C(=O)N2CC[C@@H](NC(=O)c3cc(OC(F)F)nn3C)[C@@H](c3ccccc3)C2)cc2c1ncn2C. The summed E-state index contributed by atoms with van der Waals surface area (Å²) in [5.41, 5.74) is 3.00. The molecule has 1 saturated heterocycles. The standard InChI is InChI=1S/C27H28F2N6O4/c1-33-15-30-24-20(33)11-17(12-22(24)38-3)26(37)35-10-9-19(18(14-35)16-7-5-4-6-8-16)31-25(36)21-13-23(32-34(21)2)39-27(28)29/h4-8,11-13,15,18-19,27H,9-10,14H2,1-3H3,(H,31,36)/t18-,19-/m1/s1. The molecule has 0 radical (unpaired) electrons. The van der Waals surface area contributed by atoms with Crippen LogP contribution in [0.5, 0.6) is 11.6 Å². The number of rotatable bonds is 7. The fourth-order valence-electron chi connectivity index (χ4n) is 5.05. The van der Waals surface area contributed by atoms with Crippen LogP contribution >= 0.6 is 0 Å². The van der Waals surface area contributed by atoms with Gasteiger partial charge in [-0.15, -0.1) is 5.10 Å². The van der Waals surface area contributed by atoms with Crippen LogP contribution in [0.15, 0.2) is 54.9 Å². The highest BCUT2D eigenvalue weighted by Crippen LogP contribution is 2.31. The molecule has 0 saturated carbocycles. The Morgan fingerprint density at radius 1 is 1.13 bits per heavy atom. The smallest absolute Gasteiger partial charge is 0.388 e. The summed E-state index contributed by atoms with van der Waals surface area (Å²) in [6.45, 7) is -2.27. The van der Waals surface area contributed by atoms with Crippen LogP contribution < -0.4 is 14.8 Å². The van der Waals surface area contributed by atoms with Crippen molar-refractivity contribution >= 4 is 22.8 Å². The molecular weight excluding hydrogens is 510 g/mol. The molecule has 2 aromatic heterocycles. The summed E-state index contributed by atoms with van der Waals surface area (Å²) < 4.78 is 38.1. The Labute approximate surface area is 223 Å². The van der Waals surface area contributed by atoms with Gasteiger partial charge < -0.3 is 24.3 Å². The minimum absolute atomic E-state index is 0.0903. The summed E-state index contributed by atoms with van der Waals surface area (Å²) in [6, 6.07) is 14.0. The number of aromatic nitrogens is 4. The van der Waals surface area contributed by atoms with Crippen molar-refractivity contribution in [3.63, 3.8) is 0 Å². The van der Waals surface area contributed by atoms with Crippen LogP contribution in [0, 0.1) is 0 Å². The van der Waals surface area contributed by atoms with Gasteiger partial charge >= 0.3 is 6.61 Å². The van der Waals surface area contributed by atoms with Crippen LogP contribution in [0.1, 0.15) is 38.7 Å². The normalized spacial score (nSPS) is 17.4. The number of hydrogen-bond donors (Lipinski definition) is 1. The van der Waals surface area contributed by atoms with Crippen LogP contribution in [0.4, 0.5) is 8.78 Å². The van der Waals surface area contributed by atoms with Crippen molar-refractivity contribution in [2.45, 2.75) is 25.0 Å². The topological polar surface area (TPSA) is 104 Å². The van der Waals surface area contributed by atoms with E-state index in [0.29, 0.717) is 36.3 Å². The molecule has 3 heterocycles. The molecule has 2 amide bonds. The zero-order valence-electron chi connectivity index (χ0n) is 21.7. The largest absolute Gasteiger partial charge is 0.494 e. The fraction of sp³-hybridized carbons (Fsp3) is 0.333. The number of benzene rings is 2. The lowest BCUT2D eigenvalue weighted by Gasteiger charge is -2.39. The van der Waals surface area contributed by atoms with E-state index in [0.717, 1.165) is 11.1 Å². The molecule has 12 heteroatoms. The minimum atomic E-state index is -3.04. The molecule has 204 valence electrons. The van der Waals surface area contributed by atoms with Crippen molar-refractivity contribution in [2.75, 3.05) is 20.2 Å². The molecule has 0 bridgehead atoms. The Morgan fingerprint density at radius 3 is 2.62 bits per heavy atom. The Kier molecular flexibility index (Phi) is 7.18. The maximum Gasteiger partial charge on any atom is 0.388 e. The molecule has 2 atom stereocenters. The molecule has 1 N–H and O–H groups in total. The molecular formula is C27H28F2N6O4. The summed E-state index contributed by atoms with van der Waals surface area (Å²) in [5.74, 6) is -0.642. The highest BCUT2D eigenvalue weighted by Gasteiger charge is 2.35. The zero-order chi connectivity index (χ0) is 27.7. The number of ether oxygens (including phenoxy) is 2. The lowest BCUT2D eigenvalue weighted by Crippen LogP contribution is -2.51. The van der Waals surface area contributed by atoms with Gasteiger partial charge in [-0.05, 0) is 24.1 Å². The van der Waals surface area contributed by atoms with E-state index in [1.165, 1.54) is 17.8 Å². The second-order valence-corrected chi connectivity index (χ2v) is 9.41. The van der Waals surface area contributed by atoms with Gasteiger partial charge in [0.15, 0.2) is 0 Å². The van der Waals surface area contributed by atoms with E-state index in [4.69, 9.17) is 4.74 Å². The van der Waals surface area contributed by atoms with E-state index in [1.54, 1.807) is 30.5 Å². The van der Waals surface area contributed by atoms with Crippen molar-refractivity contribution in [2.24, 2.45) is 14.1 Å². The summed E-state index contributed by atoms with van der Waals surface area (Å²) in [7, 11) is 4.88. The number of hydrogen-bond acceptors (Lipinski definition) is 6. The average molecular weight is 539 g/mol. The Bertz CT molecular complexity index is 1500. The van der Waals surface area contributed by atoms with Crippen LogP contribution in [0.25, 0.3) is 11.0 Å². The Morgan fingerprint density at radius 2 is 1.90 bits per heavy atom. The predicted octanol–water partition coefficient (Wildman–Crippen LogP) is 3.35. The van der Waals surface area contributed by atoms with Crippen molar-refractivity contribution < 1.29 is 27.8 Å². The second-order valence-electron chi connectivity index (χ2n) is 9.41. The van der Waals surface area contributed by atoms with Gasteiger partial charge in [-0.3, -0.25) is 14.3 Å². The van der Waals surface area contributed by atoms with Gasteiger partial charge in [0.2, 0.25) is 5.88 Å². The van der Waals surface area contributed by atoms with Crippen molar-refractivity contribution in [3.8, 4) is 11.6 Å². The maximum absolute atomic E-state index is 13.7. The second kappa shape index (κ2) is 10.7. The molecule has 0 unspecified atom stereocenters. The first-order valence-electron chi connectivity index (χ1n) is 12.4. The summed E-state index contributed by atoms with van der Waals surface area (Å²) in [4.78, 5) is 32.9. The summed E-state index contributed by atoms with van der Waals surface area (Å²) >= 11 is 0. The lowest BCUT2D eigenvalue weighted by molar-refractivity contribution is -0.0531. The molecule has 4 aromatic rings. The van der Waals surface area contributed by atoms with Crippen LogP contribution in [0.2, 0.25) is 0 Å². The lowest BCUT2D eigenvalue weighted by atomic mass is 9.85. The fourth-order valence-corrected chi connectivity index (χ4v) is 5.05. The third kappa shape index (κ3) is 5.27. The average Bonchev–Trinajstić information content (AvgIpc) is 3.49. The summed E-state index contributed by atoms with van der Waals surface area (Å²) in [6.07, 6.45) is 2.16. The van der Waals surface area contributed by atoms with E-state index >= 15 is 0 Å². The van der Waals surface area contributed by atoms with Crippen molar-refractivity contribution in [1.82, 2.24) is 29.5 Å². The first-order valence-corrected chi connectivity index (χ1v) is 12.4. The highest BCUT2D eigenvalue weighted by molar-refractivity contribution is 5.99. The molecule has 1 aliphatic rings. The number of nitrogens with one attached hydrogen (secondary N) is 1. The van der Waals surface area contributed by atoms with E-state index < -0.39 is 12.5 Å². The van der Waals surface area contributed by atoms with Gasteiger partial charge in [0.1, 0.15) is 17.0 Å². The highest BCUT2D eigenvalue weighted by atomic mass is 19.3. The van der Waals surface area contributed by atoms with Crippen molar-refractivity contribution in [3.05, 3.63) is 71.7 Å². The molecule has 10 nitrogen and oxygen atoms in total. The van der Waals surface area contributed by atoms with Gasteiger partial charge in [-0.2, -0.15) is 8.78 Å². The number of halogens is 2. The predicted molar refractivity (Wildman–Crippen MR) is 138 cm³/mol. The van der Waals surface area contributed by atoms with Gasteiger partial charge in [0.05, 0.1) is 19.0 Å². The number of amides is 2.